The molecule has 3 aromatic rings. The maximum atomic E-state index is 13.4. The van der Waals surface area contributed by atoms with E-state index in [2.05, 4.69) is 41.3 Å². The summed E-state index contributed by atoms with van der Waals surface area (Å²) in [5, 5.41) is 11.3. The first-order valence-electron chi connectivity index (χ1n) is 11.4. The molecule has 0 radical (unpaired) electrons. The van der Waals surface area contributed by atoms with Gasteiger partial charge in [0.25, 0.3) is 0 Å². The highest BCUT2D eigenvalue weighted by molar-refractivity contribution is 5.85. The second-order valence-electron chi connectivity index (χ2n) is 9.00. The van der Waals surface area contributed by atoms with Crippen LogP contribution in [0.2, 0.25) is 0 Å². The molecule has 176 valence electrons. The maximum Gasteiger partial charge on any atom is 0.326 e. The first-order valence-corrected chi connectivity index (χ1v) is 11.4. The number of β-amino-alcohol motifs (C(OH)–C–C–N with tert-alkyl or cyclic N) is 1. The first kappa shape index (κ1) is 22.7. The molecule has 1 heterocycles. The van der Waals surface area contributed by atoms with E-state index < -0.39 is 29.3 Å². The normalized spacial score (nSPS) is 25.1. The fourth-order valence-electron chi connectivity index (χ4n) is 5.81. The van der Waals surface area contributed by atoms with Gasteiger partial charge in [-0.2, -0.15) is 0 Å². The van der Waals surface area contributed by atoms with Gasteiger partial charge in [0.05, 0.1) is 18.8 Å². The Balaban J connectivity index is 1.83. The quantitative estimate of drug-likeness (QED) is 0.449. The molecular formula is C28H29NO5. The summed E-state index contributed by atoms with van der Waals surface area (Å²) in [7, 11) is 2.89. The Kier molecular flexibility index (Phi) is 5.78. The second-order valence-corrected chi connectivity index (χ2v) is 9.00. The van der Waals surface area contributed by atoms with Gasteiger partial charge in [0.2, 0.25) is 0 Å². The minimum atomic E-state index is -1.24. The minimum Gasteiger partial charge on any atom is -0.468 e. The van der Waals surface area contributed by atoms with Gasteiger partial charge in [0.15, 0.2) is 0 Å². The van der Waals surface area contributed by atoms with E-state index in [-0.39, 0.29) is 13.3 Å². The molecule has 2 aliphatic rings. The van der Waals surface area contributed by atoms with Crippen molar-refractivity contribution in [3.05, 3.63) is 95.6 Å². The highest BCUT2D eigenvalue weighted by atomic mass is 16.7. The number of aliphatic hydroxyl groups is 1. The zero-order chi connectivity index (χ0) is 23.9. The van der Waals surface area contributed by atoms with E-state index in [1.807, 2.05) is 42.5 Å². The Morgan fingerprint density at radius 1 is 0.941 bits per heavy atom. The Hall–Kier alpha value is -3.03. The number of rotatable bonds is 6. The van der Waals surface area contributed by atoms with Crippen LogP contribution in [0.3, 0.4) is 0 Å². The highest BCUT2D eigenvalue weighted by Gasteiger charge is 2.64. The lowest BCUT2D eigenvalue weighted by atomic mass is 9.78. The number of benzene rings is 3. The van der Waals surface area contributed by atoms with Crippen molar-refractivity contribution in [2.45, 2.75) is 30.2 Å². The smallest absolute Gasteiger partial charge is 0.326 e. The Bertz CT molecular complexity index is 1150. The van der Waals surface area contributed by atoms with Crippen LogP contribution in [0.25, 0.3) is 11.1 Å². The Morgan fingerprint density at radius 2 is 1.50 bits per heavy atom. The van der Waals surface area contributed by atoms with Gasteiger partial charge >= 0.3 is 5.97 Å². The van der Waals surface area contributed by atoms with E-state index in [9.17, 15) is 9.90 Å². The maximum absolute atomic E-state index is 13.4. The van der Waals surface area contributed by atoms with Crippen LogP contribution in [0, 0.1) is 0 Å². The molecule has 0 saturated carbocycles. The van der Waals surface area contributed by atoms with Gasteiger partial charge in [-0.05, 0) is 34.7 Å². The molecule has 0 aromatic heterocycles. The average molecular weight is 460 g/mol. The summed E-state index contributed by atoms with van der Waals surface area (Å²) in [5.41, 5.74) is 3.25. The zero-order valence-corrected chi connectivity index (χ0v) is 19.6. The van der Waals surface area contributed by atoms with Gasteiger partial charge in [-0.25, -0.2) is 0 Å². The lowest BCUT2D eigenvalue weighted by Gasteiger charge is -2.45. The number of hydrogen-bond acceptors (Lipinski definition) is 6. The number of carbonyl (C=O) groups is 1. The summed E-state index contributed by atoms with van der Waals surface area (Å²) in [6.45, 7) is 1.90. The number of likely N-dealkylation sites (tertiary alicyclic amines) is 1. The van der Waals surface area contributed by atoms with Gasteiger partial charge in [0.1, 0.15) is 18.4 Å². The molecule has 34 heavy (non-hydrogen) atoms. The summed E-state index contributed by atoms with van der Waals surface area (Å²) in [4.78, 5) is 15.5. The molecule has 3 atom stereocenters. The lowest BCUT2D eigenvalue weighted by molar-refractivity contribution is -0.183. The fraction of sp³-hybridized carbons (Fsp3) is 0.321. The second kappa shape index (κ2) is 8.64. The molecular weight excluding hydrogens is 430 g/mol. The molecule has 1 fully saturated rings. The van der Waals surface area contributed by atoms with E-state index in [1.54, 1.807) is 6.92 Å². The zero-order valence-electron chi connectivity index (χ0n) is 19.6. The van der Waals surface area contributed by atoms with Crippen LogP contribution in [0.15, 0.2) is 78.9 Å². The van der Waals surface area contributed by atoms with E-state index >= 15 is 0 Å². The van der Waals surface area contributed by atoms with Crippen molar-refractivity contribution in [1.82, 2.24) is 4.90 Å². The number of ether oxygens (including phenoxy) is 3. The largest absolute Gasteiger partial charge is 0.468 e. The Labute approximate surface area is 199 Å². The van der Waals surface area contributed by atoms with Crippen molar-refractivity contribution >= 4 is 5.97 Å². The molecule has 1 N–H and O–H groups in total. The lowest BCUT2D eigenvalue weighted by Crippen LogP contribution is -2.58. The van der Waals surface area contributed by atoms with Crippen LogP contribution in [-0.4, -0.2) is 61.3 Å². The number of nitrogens with zero attached hydrogens (tertiary/aromatic N) is 1. The van der Waals surface area contributed by atoms with Crippen molar-refractivity contribution < 1.29 is 24.1 Å². The number of carbonyl (C=O) groups excluding carboxylic acids is 1. The van der Waals surface area contributed by atoms with Gasteiger partial charge < -0.3 is 19.3 Å². The monoisotopic (exact) mass is 459 g/mol. The number of hydrogen-bond donors (Lipinski definition) is 1. The van der Waals surface area contributed by atoms with Gasteiger partial charge in [-0.15, -0.1) is 0 Å². The van der Waals surface area contributed by atoms with Crippen LogP contribution >= 0.6 is 0 Å². The summed E-state index contributed by atoms with van der Waals surface area (Å²) in [6.07, 6.45) is -0.952. The van der Waals surface area contributed by atoms with Crippen LogP contribution < -0.4 is 0 Å². The van der Waals surface area contributed by atoms with Crippen LogP contribution in [0.1, 0.15) is 23.6 Å². The summed E-state index contributed by atoms with van der Waals surface area (Å²) < 4.78 is 16.5. The standard InChI is InChI=1S/C28H29NO5/c1-27(34-18-32-2)24(30)17-29(25(27)26(31)33-3)28(19-11-5-4-6-12-19)22-15-9-7-13-20(22)21-14-8-10-16-23(21)28/h4-16,24-25,30H,17-18H2,1-3H3/t24-,25-,27-/m1/s1. The molecule has 0 unspecified atom stereocenters. The number of aliphatic hydroxyl groups excluding tert-OH is 1. The molecule has 3 aromatic carbocycles. The van der Waals surface area contributed by atoms with Crippen LogP contribution in [-0.2, 0) is 24.5 Å². The van der Waals surface area contributed by atoms with E-state index in [4.69, 9.17) is 14.2 Å². The Morgan fingerprint density at radius 3 is 2.06 bits per heavy atom. The molecule has 6 nitrogen and oxygen atoms in total. The van der Waals surface area contributed by atoms with Gasteiger partial charge in [-0.3, -0.25) is 9.69 Å². The molecule has 1 saturated heterocycles. The van der Waals surface area contributed by atoms with Gasteiger partial charge in [-0.1, -0.05) is 78.9 Å². The number of fused-ring (bicyclic) bond motifs is 3. The topological polar surface area (TPSA) is 68.2 Å². The van der Waals surface area contributed by atoms with Crippen LogP contribution in [0.5, 0.6) is 0 Å². The molecule has 1 aliphatic carbocycles. The predicted molar refractivity (Wildman–Crippen MR) is 128 cm³/mol. The van der Waals surface area contributed by atoms with Crippen molar-refractivity contribution in [2.24, 2.45) is 0 Å². The summed E-state index contributed by atoms with van der Waals surface area (Å²) >= 11 is 0. The number of esters is 1. The third-order valence-corrected chi connectivity index (χ3v) is 7.34. The van der Waals surface area contributed by atoms with E-state index in [0.717, 1.165) is 27.8 Å². The first-order chi connectivity index (χ1) is 16.5. The highest BCUT2D eigenvalue weighted by Crippen LogP contribution is 2.57. The SMILES string of the molecule is COCO[C@]1(C)[C@H](O)CN(C2(c3ccccc3)c3ccccc3-c3ccccc32)[C@@H]1C(=O)OC. The van der Waals surface area contributed by atoms with E-state index in [1.165, 1.54) is 14.2 Å². The van der Waals surface area contributed by atoms with E-state index in [0.29, 0.717) is 0 Å². The van der Waals surface area contributed by atoms with Gasteiger partial charge in [0, 0.05) is 13.7 Å². The molecule has 5 rings (SSSR count). The third kappa shape index (κ3) is 3.07. The summed E-state index contributed by atoms with van der Waals surface area (Å²) in [5.74, 6) is -0.465. The molecule has 6 heteroatoms. The molecule has 0 bridgehead atoms. The fourth-order valence-corrected chi connectivity index (χ4v) is 5.81. The van der Waals surface area contributed by atoms with Crippen molar-refractivity contribution in [2.75, 3.05) is 27.6 Å². The summed E-state index contributed by atoms with van der Waals surface area (Å²) in [6, 6.07) is 25.8. The predicted octanol–water partition coefficient (Wildman–Crippen LogP) is 3.56. The van der Waals surface area contributed by atoms with Crippen molar-refractivity contribution in [3.8, 4) is 11.1 Å². The third-order valence-electron chi connectivity index (χ3n) is 7.34. The van der Waals surface area contributed by atoms with Crippen LogP contribution in [0.4, 0.5) is 0 Å². The average Bonchev–Trinajstić information content (AvgIpc) is 3.32. The number of methoxy groups -OCH3 is 2. The van der Waals surface area contributed by atoms with Crippen molar-refractivity contribution in [3.63, 3.8) is 0 Å². The molecule has 1 aliphatic heterocycles. The minimum absolute atomic E-state index is 0.0552. The molecule has 0 amide bonds. The van der Waals surface area contributed by atoms with Crippen molar-refractivity contribution in [1.29, 1.82) is 0 Å². The molecule has 0 spiro atoms.